The van der Waals surface area contributed by atoms with E-state index in [0.717, 1.165) is 36.9 Å². The Kier molecular flexibility index (Phi) is 8.48. The lowest BCUT2D eigenvalue weighted by Crippen LogP contribution is -2.18. The molecule has 194 valence electrons. The van der Waals surface area contributed by atoms with Crippen molar-refractivity contribution in [2.45, 2.75) is 13.5 Å². The molecule has 0 unspecified atom stereocenters. The molecule has 0 bridgehead atoms. The molecule has 0 atom stereocenters. The average Bonchev–Trinajstić information content (AvgIpc) is 2.97. The number of pyridine rings is 1. The number of halogens is 1. The molecule has 0 aliphatic rings. The predicted octanol–water partition coefficient (Wildman–Crippen LogP) is 7.25. The number of aromatic nitrogens is 1. The molecule has 4 aromatic carbocycles. The zero-order chi connectivity index (χ0) is 27.0. The topological polar surface area (TPSA) is 72.8 Å². The van der Waals surface area contributed by atoms with Gasteiger partial charge in [-0.05, 0) is 64.9 Å². The minimum atomic E-state index is -0.315. The molecule has 1 amide bonds. The third-order valence-electron chi connectivity index (χ3n) is 5.97. The van der Waals surface area contributed by atoms with Gasteiger partial charge < -0.3 is 9.47 Å². The van der Waals surface area contributed by atoms with Crippen molar-refractivity contribution in [3.05, 3.63) is 123 Å². The van der Waals surface area contributed by atoms with E-state index in [0.29, 0.717) is 30.3 Å². The number of amides is 1. The van der Waals surface area contributed by atoms with Crippen molar-refractivity contribution in [1.29, 1.82) is 0 Å². The summed E-state index contributed by atoms with van der Waals surface area (Å²) in [4.78, 5) is 18.0. The van der Waals surface area contributed by atoms with Gasteiger partial charge in [-0.1, -0.05) is 78.9 Å². The maximum absolute atomic E-state index is 13.2. The van der Waals surface area contributed by atoms with Crippen LogP contribution >= 0.6 is 22.6 Å². The Morgan fingerprint density at radius 1 is 0.923 bits per heavy atom. The quantitative estimate of drug-likeness (QED) is 0.106. The van der Waals surface area contributed by atoms with Crippen LogP contribution in [-0.4, -0.2) is 23.7 Å². The first-order valence-electron chi connectivity index (χ1n) is 12.5. The molecule has 0 aliphatic carbocycles. The maximum atomic E-state index is 13.2. The molecular weight excluding hydrogens is 601 g/mol. The van der Waals surface area contributed by atoms with Crippen molar-refractivity contribution in [1.82, 2.24) is 10.4 Å². The second-order valence-corrected chi connectivity index (χ2v) is 9.84. The third kappa shape index (κ3) is 6.43. The number of rotatable bonds is 9. The first kappa shape index (κ1) is 26.4. The lowest BCUT2D eigenvalue weighted by Gasteiger charge is -2.14. The molecule has 5 aromatic rings. The number of hydrogen-bond donors (Lipinski definition) is 1. The first-order chi connectivity index (χ1) is 19.1. The zero-order valence-corrected chi connectivity index (χ0v) is 23.5. The molecule has 6 nitrogen and oxygen atoms in total. The molecule has 0 radical (unpaired) electrons. The van der Waals surface area contributed by atoms with Gasteiger partial charge in [0.15, 0.2) is 11.5 Å². The predicted molar refractivity (Wildman–Crippen MR) is 163 cm³/mol. The van der Waals surface area contributed by atoms with E-state index in [4.69, 9.17) is 14.5 Å². The van der Waals surface area contributed by atoms with Crippen LogP contribution in [0.5, 0.6) is 11.5 Å². The van der Waals surface area contributed by atoms with Crippen molar-refractivity contribution < 1.29 is 14.3 Å². The van der Waals surface area contributed by atoms with E-state index in [2.05, 4.69) is 33.1 Å². The number of nitrogens with zero attached hydrogens (tertiary/aromatic N) is 2. The Morgan fingerprint density at radius 2 is 1.64 bits per heavy atom. The van der Waals surface area contributed by atoms with Gasteiger partial charge in [0.1, 0.15) is 6.61 Å². The zero-order valence-electron chi connectivity index (χ0n) is 21.3. The Hall–Kier alpha value is -4.24. The summed E-state index contributed by atoms with van der Waals surface area (Å²) in [6, 6.07) is 33.0. The summed E-state index contributed by atoms with van der Waals surface area (Å²) in [5, 5.41) is 5.01. The smallest absolute Gasteiger partial charge is 0.272 e. The lowest BCUT2D eigenvalue weighted by atomic mass is 10.0. The number of para-hydroxylation sites is 1. The van der Waals surface area contributed by atoms with Crippen LogP contribution in [0.1, 0.15) is 28.4 Å². The standard InChI is InChI=1S/C32H26IN3O3/c1-2-38-30-18-23(17-27(33)31(30)39-21-22-11-5-3-6-12-22)20-34-36-32(37)26-19-29(24-13-7-4-8-14-24)35-28-16-10-9-15-25(26)28/h3-20H,2,21H2,1H3,(H,36,37)/b34-20-. The van der Waals surface area contributed by atoms with Crippen molar-refractivity contribution in [2.24, 2.45) is 5.10 Å². The number of nitrogens with one attached hydrogen (secondary N) is 1. The molecule has 39 heavy (non-hydrogen) atoms. The average molecular weight is 627 g/mol. The van der Waals surface area contributed by atoms with Crippen LogP contribution in [-0.2, 0) is 6.61 Å². The van der Waals surface area contributed by atoms with E-state index in [9.17, 15) is 4.79 Å². The Morgan fingerprint density at radius 3 is 2.41 bits per heavy atom. The number of ether oxygens (including phenoxy) is 2. The summed E-state index contributed by atoms with van der Waals surface area (Å²) in [5.41, 5.74) is 7.44. The number of carbonyl (C=O) groups excluding carboxylic acids is 1. The van der Waals surface area contributed by atoms with Gasteiger partial charge in [0.05, 0.1) is 33.2 Å². The van der Waals surface area contributed by atoms with Gasteiger partial charge in [-0.15, -0.1) is 0 Å². The van der Waals surface area contributed by atoms with Gasteiger partial charge in [-0.2, -0.15) is 5.10 Å². The maximum Gasteiger partial charge on any atom is 0.272 e. The molecule has 0 spiro atoms. The summed E-state index contributed by atoms with van der Waals surface area (Å²) < 4.78 is 12.8. The molecule has 5 rings (SSSR count). The minimum Gasteiger partial charge on any atom is -0.490 e. The van der Waals surface area contributed by atoms with Crippen molar-refractivity contribution in [3.8, 4) is 22.8 Å². The van der Waals surface area contributed by atoms with E-state index < -0.39 is 0 Å². The summed E-state index contributed by atoms with van der Waals surface area (Å²) in [6.07, 6.45) is 1.60. The molecule has 0 saturated heterocycles. The fraction of sp³-hybridized carbons (Fsp3) is 0.0938. The molecule has 0 fully saturated rings. The molecular formula is C32H26IN3O3. The fourth-order valence-electron chi connectivity index (χ4n) is 4.14. The molecule has 1 heterocycles. The lowest BCUT2D eigenvalue weighted by molar-refractivity contribution is 0.0956. The van der Waals surface area contributed by atoms with E-state index in [-0.39, 0.29) is 5.91 Å². The third-order valence-corrected chi connectivity index (χ3v) is 6.77. The summed E-state index contributed by atoms with van der Waals surface area (Å²) in [5.74, 6) is 0.990. The molecule has 1 aromatic heterocycles. The van der Waals surface area contributed by atoms with Crippen LogP contribution in [0.4, 0.5) is 0 Å². The number of fused-ring (bicyclic) bond motifs is 1. The Bertz CT molecular complexity index is 1620. The van der Waals surface area contributed by atoms with Crippen molar-refractivity contribution in [3.63, 3.8) is 0 Å². The van der Waals surface area contributed by atoms with Gasteiger partial charge >= 0.3 is 0 Å². The van der Waals surface area contributed by atoms with Crippen LogP contribution < -0.4 is 14.9 Å². The summed E-state index contributed by atoms with van der Waals surface area (Å²) in [6.45, 7) is 2.86. The van der Waals surface area contributed by atoms with Crippen molar-refractivity contribution >= 4 is 45.6 Å². The fourth-order valence-corrected chi connectivity index (χ4v) is 4.92. The highest BCUT2D eigenvalue weighted by molar-refractivity contribution is 14.1. The van der Waals surface area contributed by atoms with Crippen LogP contribution in [0.3, 0.4) is 0 Å². The van der Waals surface area contributed by atoms with Crippen molar-refractivity contribution in [2.75, 3.05) is 6.61 Å². The minimum absolute atomic E-state index is 0.315. The monoisotopic (exact) mass is 627 g/mol. The second kappa shape index (κ2) is 12.5. The summed E-state index contributed by atoms with van der Waals surface area (Å²) in [7, 11) is 0. The number of benzene rings is 4. The van der Waals surface area contributed by atoms with Gasteiger partial charge in [0.2, 0.25) is 0 Å². The van der Waals surface area contributed by atoms with E-state index in [1.807, 2.05) is 104 Å². The SMILES string of the molecule is CCOc1cc(/C=N\NC(=O)c2cc(-c3ccccc3)nc3ccccc23)cc(I)c1OCc1ccccc1. The van der Waals surface area contributed by atoms with E-state index >= 15 is 0 Å². The molecule has 7 heteroatoms. The van der Waals surface area contributed by atoms with Crippen LogP contribution in [0.15, 0.2) is 108 Å². The number of hydrazone groups is 1. The van der Waals surface area contributed by atoms with E-state index in [1.54, 1.807) is 12.3 Å². The normalized spacial score (nSPS) is 11.0. The van der Waals surface area contributed by atoms with Crippen LogP contribution in [0, 0.1) is 3.57 Å². The molecule has 0 aliphatic heterocycles. The van der Waals surface area contributed by atoms with Gasteiger partial charge in [-0.25, -0.2) is 10.4 Å². The van der Waals surface area contributed by atoms with Gasteiger partial charge in [-0.3, -0.25) is 4.79 Å². The molecule has 0 saturated carbocycles. The second-order valence-electron chi connectivity index (χ2n) is 8.67. The Labute approximate surface area is 240 Å². The van der Waals surface area contributed by atoms with Gasteiger partial charge in [0.25, 0.3) is 5.91 Å². The number of hydrogen-bond acceptors (Lipinski definition) is 5. The van der Waals surface area contributed by atoms with Crippen LogP contribution in [0.2, 0.25) is 0 Å². The first-order valence-corrected chi connectivity index (χ1v) is 13.6. The summed E-state index contributed by atoms with van der Waals surface area (Å²) >= 11 is 2.23. The largest absolute Gasteiger partial charge is 0.490 e. The highest BCUT2D eigenvalue weighted by atomic mass is 127. The van der Waals surface area contributed by atoms with Gasteiger partial charge in [0, 0.05) is 10.9 Å². The highest BCUT2D eigenvalue weighted by Gasteiger charge is 2.15. The Balaban J connectivity index is 1.37. The highest BCUT2D eigenvalue weighted by Crippen LogP contribution is 2.34. The molecule has 1 N–H and O–H groups in total. The number of carbonyl (C=O) groups is 1. The van der Waals surface area contributed by atoms with E-state index in [1.165, 1.54) is 0 Å². The van der Waals surface area contributed by atoms with Crippen LogP contribution in [0.25, 0.3) is 22.2 Å².